The maximum Gasteiger partial charge on any atom is 0.240 e. The second kappa shape index (κ2) is 7.11. The highest BCUT2D eigenvalue weighted by Crippen LogP contribution is 2.25. The van der Waals surface area contributed by atoms with Crippen molar-refractivity contribution in [3.63, 3.8) is 0 Å². The van der Waals surface area contributed by atoms with Crippen molar-refractivity contribution < 1.29 is 14.4 Å². The fourth-order valence-electron chi connectivity index (χ4n) is 1.28. The number of carbonyl (C=O) groups excluding carboxylic acids is 2. The minimum atomic E-state index is -1.04. The molecule has 0 aliphatic carbocycles. The zero-order valence-corrected chi connectivity index (χ0v) is 11.8. The average molecular weight is 303 g/mol. The van der Waals surface area contributed by atoms with Gasteiger partial charge in [0.05, 0.1) is 16.9 Å². The number of amides is 1. The molecule has 19 heavy (non-hydrogen) atoms. The number of oxime groups is 1. The number of anilines is 1. The van der Waals surface area contributed by atoms with Gasteiger partial charge in [0.15, 0.2) is 0 Å². The molecule has 0 fully saturated rings. The van der Waals surface area contributed by atoms with E-state index >= 15 is 0 Å². The summed E-state index contributed by atoms with van der Waals surface area (Å²) >= 11 is 11.7. The van der Waals surface area contributed by atoms with Crippen LogP contribution in [0.1, 0.15) is 6.92 Å². The summed E-state index contributed by atoms with van der Waals surface area (Å²) in [6.45, 7) is 1.29. The highest BCUT2D eigenvalue weighted by atomic mass is 35.5. The third kappa shape index (κ3) is 4.54. The molecule has 0 bridgehead atoms. The molecule has 0 saturated carbocycles. The number of nitrogens with one attached hydrogen (secondary N) is 1. The zero-order chi connectivity index (χ0) is 14.4. The van der Waals surface area contributed by atoms with E-state index in [1.54, 1.807) is 12.1 Å². The molecule has 1 N–H and O–H groups in total. The SMILES string of the molecule is CO/N=C\[C@H](C(C)=O)C(=O)Nc1ccc(Cl)cc1Cl. The molecule has 1 aromatic carbocycles. The normalized spacial score (nSPS) is 12.2. The van der Waals surface area contributed by atoms with Crippen LogP contribution in [-0.4, -0.2) is 25.0 Å². The van der Waals surface area contributed by atoms with Gasteiger partial charge in [-0.25, -0.2) is 0 Å². The molecule has 0 aromatic heterocycles. The molecule has 0 radical (unpaired) electrons. The third-order valence-corrected chi connectivity index (χ3v) is 2.77. The average Bonchev–Trinajstić information content (AvgIpc) is 2.33. The summed E-state index contributed by atoms with van der Waals surface area (Å²) in [4.78, 5) is 27.7. The van der Waals surface area contributed by atoms with Crippen LogP contribution in [-0.2, 0) is 14.4 Å². The van der Waals surface area contributed by atoms with Gasteiger partial charge in [-0.05, 0) is 25.1 Å². The monoisotopic (exact) mass is 302 g/mol. The van der Waals surface area contributed by atoms with E-state index in [2.05, 4.69) is 15.3 Å². The van der Waals surface area contributed by atoms with Crippen molar-refractivity contribution in [1.29, 1.82) is 0 Å². The van der Waals surface area contributed by atoms with Gasteiger partial charge in [0.1, 0.15) is 18.8 Å². The molecule has 5 nitrogen and oxygen atoms in total. The summed E-state index contributed by atoms with van der Waals surface area (Å²) in [6.07, 6.45) is 1.13. The molecule has 1 aromatic rings. The summed E-state index contributed by atoms with van der Waals surface area (Å²) in [7, 11) is 1.32. The molecule has 1 rings (SSSR count). The Kier molecular flexibility index (Phi) is 5.79. The fraction of sp³-hybridized carbons (Fsp3) is 0.250. The number of ketones is 1. The van der Waals surface area contributed by atoms with Gasteiger partial charge in [0.2, 0.25) is 5.91 Å². The van der Waals surface area contributed by atoms with Gasteiger partial charge in [-0.15, -0.1) is 0 Å². The Balaban J connectivity index is 2.87. The Morgan fingerprint density at radius 2 is 2.11 bits per heavy atom. The number of nitrogens with zero attached hydrogens (tertiary/aromatic N) is 1. The molecule has 7 heteroatoms. The number of rotatable bonds is 5. The summed E-state index contributed by atoms with van der Waals surface area (Å²) in [5, 5.41) is 6.70. The summed E-state index contributed by atoms with van der Waals surface area (Å²) in [6, 6.07) is 4.62. The van der Waals surface area contributed by atoms with Crippen LogP contribution < -0.4 is 5.32 Å². The minimum Gasteiger partial charge on any atom is -0.399 e. The molecule has 0 spiro atoms. The third-order valence-electron chi connectivity index (χ3n) is 2.22. The topological polar surface area (TPSA) is 67.8 Å². The van der Waals surface area contributed by atoms with E-state index in [4.69, 9.17) is 23.2 Å². The van der Waals surface area contributed by atoms with Crippen molar-refractivity contribution in [3.05, 3.63) is 28.2 Å². The van der Waals surface area contributed by atoms with Crippen molar-refractivity contribution in [2.24, 2.45) is 11.1 Å². The largest absolute Gasteiger partial charge is 0.399 e. The lowest BCUT2D eigenvalue weighted by Crippen LogP contribution is -2.29. The number of hydrogen-bond donors (Lipinski definition) is 1. The standard InChI is InChI=1S/C12H12Cl2N2O3/c1-7(17)9(6-15-19-2)12(18)16-11-4-3-8(13)5-10(11)14/h3-6,9H,1-2H3,(H,16,18)/b15-6-/t9-/m1/s1. The number of carbonyl (C=O) groups is 2. The number of halogens is 2. The molecular weight excluding hydrogens is 291 g/mol. The first-order chi connectivity index (χ1) is 8.95. The zero-order valence-electron chi connectivity index (χ0n) is 10.3. The van der Waals surface area contributed by atoms with Gasteiger partial charge < -0.3 is 10.2 Å². The van der Waals surface area contributed by atoms with E-state index in [1.807, 2.05) is 0 Å². The molecule has 0 heterocycles. The smallest absolute Gasteiger partial charge is 0.240 e. The molecule has 0 unspecified atom stereocenters. The summed E-state index contributed by atoms with van der Waals surface area (Å²) < 4.78 is 0. The van der Waals surface area contributed by atoms with Gasteiger partial charge in [-0.2, -0.15) is 0 Å². The predicted octanol–water partition coefficient (Wildman–Crippen LogP) is 2.77. The van der Waals surface area contributed by atoms with E-state index in [0.717, 1.165) is 6.21 Å². The molecule has 0 aliphatic heterocycles. The van der Waals surface area contributed by atoms with E-state index in [9.17, 15) is 9.59 Å². The fourth-order valence-corrected chi connectivity index (χ4v) is 1.74. The Hall–Kier alpha value is -1.59. The van der Waals surface area contributed by atoms with Crippen molar-refractivity contribution >= 4 is 46.8 Å². The number of benzene rings is 1. The van der Waals surface area contributed by atoms with Crippen LogP contribution in [0.3, 0.4) is 0 Å². The van der Waals surface area contributed by atoms with E-state index in [0.29, 0.717) is 10.7 Å². The van der Waals surface area contributed by atoms with Crippen LogP contribution >= 0.6 is 23.2 Å². The Morgan fingerprint density at radius 3 is 2.63 bits per heavy atom. The lowest BCUT2D eigenvalue weighted by Gasteiger charge is -2.11. The molecule has 102 valence electrons. The Bertz CT molecular complexity index is 518. The van der Waals surface area contributed by atoms with Crippen molar-refractivity contribution in [2.75, 3.05) is 12.4 Å². The van der Waals surface area contributed by atoms with Crippen LogP contribution in [0.2, 0.25) is 10.0 Å². The lowest BCUT2D eigenvalue weighted by molar-refractivity contribution is -0.126. The second-order valence-corrected chi connectivity index (χ2v) is 4.48. The van der Waals surface area contributed by atoms with Crippen LogP contribution in [0.5, 0.6) is 0 Å². The molecule has 0 saturated heterocycles. The first-order valence-corrected chi connectivity index (χ1v) is 6.04. The second-order valence-electron chi connectivity index (χ2n) is 3.64. The van der Waals surface area contributed by atoms with Crippen LogP contribution in [0.15, 0.2) is 23.4 Å². The summed E-state index contributed by atoms with van der Waals surface area (Å²) in [5.74, 6) is -1.94. The highest BCUT2D eigenvalue weighted by Gasteiger charge is 2.22. The van der Waals surface area contributed by atoms with Gasteiger partial charge >= 0.3 is 0 Å². The van der Waals surface area contributed by atoms with Crippen LogP contribution in [0, 0.1) is 5.92 Å². The van der Waals surface area contributed by atoms with Gasteiger partial charge in [0, 0.05) is 5.02 Å². The van der Waals surface area contributed by atoms with E-state index in [-0.39, 0.29) is 10.8 Å². The van der Waals surface area contributed by atoms with Crippen LogP contribution in [0.4, 0.5) is 5.69 Å². The molecule has 0 aliphatic rings. The summed E-state index contributed by atoms with van der Waals surface area (Å²) in [5.41, 5.74) is 0.369. The molecular formula is C12H12Cl2N2O3. The number of Topliss-reactive ketones (excluding diaryl/α,β-unsaturated/α-hetero) is 1. The molecule has 1 atom stereocenters. The first-order valence-electron chi connectivity index (χ1n) is 5.28. The molecule has 1 amide bonds. The maximum atomic E-state index is 11.9. The Labute approximate surface area is 120 Å². The quantitative estimate of drug-likeness (QED) is 0.516. The lowest BCUT2D eigenvalue weighted by atomic mass is 10.1. The van der Waals surface area contributed by atoms with Gasteiger partial charge in [0.25, 0.3) is 0 Å². The minimum absolute atomic E-state index is 0.284. The van der Waals surface area contributed by atoms with Gasteiger partial charge in [-0.1, -0.05) is 28.4 Å². The van der Waals surface area contributed by atoms with Crippen molar-refractivity contribution in [2.45, 2.75) is 6.92 Å². The van der Waals surface area contributed by atoms with Crippen LogP contribution in [0.25, 0.3) is 0 Å². The van der Waals surface area contributed by atoms with Gasteiger partial charge in [-0.3, -0.25) is 9.59 Å². The number of hydrogen-bond acceptors (Lipinski definition) is 4. The maximum absolute atomic E-state index is 11.9. The first kappa shape index (κ1) is 15.5. The predicted molar refractivity (Wildman–Crippen MR) is 74.8 cm³/mol. The Morgan fingerprint density at radius 1 is 1.42 bits per heavy atom. The highest BCUT2D eigenvalue weighted by molar-refractivity contribution is 6.37. The van der Waals surface area contributed by atoms with E-state index < -0.39 is 11.8 Å². The van der Waals surface area contributed by atoms with E-state index in [1.165, 1.54) is 20.1 Å². The van der Waals surface area contributed by atoms with Crippen molar-refractivity contribution in [3.8, 4) is 0 Å². The van der Waals surface area contributed by atoms with Crippen molar-refractivity contribution in [1.82, 2.24) is 0 Å².